The Hall–Kier alpha value is -3.23. The number of thiocarbonyl (C=S) groups is 1. The molecule has 1 aromatic carbocycles. The zero-order valence-corrected chi connectivity index (χ0v) is 18.9. The SMILES string of the molecule is COCCCN1C(=S)N[C@H](c2ccccn2)[C@H]1c1cccn1-c1cccc(C(=O)OC)c1. The van der Waals surface area contributed by atoms with Crippen LogP contribution in [0.2, 0.25) is 0 Å². The van der Waals surface area contributed by atoms with Crippen LogP contribution >= 0.6 is 12.2 Å². The molecule has 3 heterocycles. The summed E-state index contributed by atoms with van der Waals surface area (Å²) in [7, 11) is 3.09. The molecule has 0 bridgehead atoms. The number of esters is 1. The molecule has 4 rings (SSSR count). The van der Waals surface area contributed by atoms with Crippen molar-refractivity contribution >= 4 is 23.3 Å². The van der Waals surface area contributed by atoms with Crippen molar-refractivity contribution in [3.63, 3.8) is 0 Å². The molecule has 7 nitrogen and oxygen atoms in total. The van der Waals surface area contributed by atoms with Crippen molar-refractivity contribution in [1.29, 1.82) is 0 Å². The molecule has 0 saturated carbocycles. The molecule has 2 aromatic heterocycles. The number of methoxy groups -OCH3 is 2. The van der Waals surface area contributed by atoms with Crippen LogP contribution in [-0.4, -0.2) is 52.9 Å². The van der Waals surface area contributed by atoms with E-state index in [1.165, 1.54) is 7.11 Å². The van der Waals surface area contributed by atoms with E-state index in [2.05, 4.69) is 25.8 Å². The van der Waals surface area contributed by atoms with E-state index >= 15 is 0 Å². The predicted molar refractivity (Wildman–Crippen MR) is 126 cm³/mol. The zero-order chi connectivity index (χ0) is 22.5. The lowest BCUT2D eigenvalue weighted by atomic mass is 10.0. The Morgan fingerprint density at radius 1 is 1.16 bits per heavy atom. The number of aromatic nitrogens is 2. The second-order valence-corrected chi connectivity index (χ2v) is 7.90. The van der Waals surface area contributed by atoms with Crippen molar-refractivity contribution in [1.82, 2.24) is 19.8 Å². The van der Waals surface area contributed by atoms with Gasteiger partial charge in [-0.15, -0.1) is 0 Å². The second-order valence-electron chi connectivity index (χ2n) is 7.51. The van der Waals surface area contributed by atoms with Gasteiger partial charge < -0.3 is 24.3 Å². The monoisotopic (exact) mass is 450 g/mol. The van der Waals surface area contributed by atoms with Gasteiger partial charge in [0.05, 0.1) is 30.5 Å². The van der Waals surface area contributed by atoms with E-state index in [4.69, 9.17) is 21.7 Å². The molecule has 1 N–H and O–H groups in total. The van der Waals surface area contributed by atoms with Crippen molar-refractivity contribution < 1.29 is 14.3 Å². The molecule has 1 aliphatic rings. The van der Waals surface area contributed by atoms with Gasteiger partial charge in [0, 0.05) is 44.0 Å². The van der Waals surface area contributed by atoms with Gasteiger partial charge in [0.15, 0.2) is 5.11 Å². The van der Waals surface area contributed by atoms with Gasteiger partial charge in [0.1, 0.15) is 0 Å². The fraction of sp³-hybridized carbons (Fsp3) is 0.292. The molecular weight excluding hydrogens is 424 g/mol. The average molecular weight is 451 g/mol. The van der Waals surface area contributed by atoms with E-state index in [-0.39, 0.29) is 18.1 Å². The Kier molecular flexibility index (Phi) is 6.82. The number of hydrogen-bond acceptors (Lipinski definition) is 5. The Morgan fingerprint density at radius 3 is 2.78 bits per heavy atom. The average Bonchev–Trinajstić information content (AvgIpc) is 3.44. The Bertz CT molecular complexity index is 1090. The maximum absolute atomic E-state index is 12.1. The Morgan fingerprint density at radius 2 is 2.03 bits per heavy atom. The normalized spacial score (nSPS) is 17.9. The molecule has 0 spiro atoms. The van der Waals surface area contributed by atoms with Gasteiger partial charge in [-0.3, -0.25) is 4.98 Å². The Balaban J connectivity index is 1.76. The van der Waals surface area contributed by atoms with Gasteiger partial charge in [0.2, 0.25) is 0 Å². The standard InChI is InChI=1S/C24H26N4O3S/c1-30-15-7-14-28-22(21(26-24(28)32)19-10-3-4-12-25-19)20-11-6-13-27(20)18-9-5-8-17(16-18)23(29)31-2/h3-6,8-13,16,21-22H,7,14-15H2,1-2H3,(H,26,32)/t21-,22-/m1/s1. The van der Waals surface area contributed by atoms with Crippen LogP contribution < -0.4 is 5.32 Å². The van der Waals surface area contributed by atoms with Gasteiger partial charge >= 0.3 is 5.97 Å². The molecule has 0 amide bonds. The molecule has 0 radical (unpaired) electrons. The fourth-order valence-electron chi connectivity index (χ4n) is 4.12. The molecule has 3 aromatic rings. The largest absolute Gasteiger partial charge is 0.465 e. The van der Waals surface area contributed by atoms with Crippen LogP contribution in [0, 0.1) is 0 Å². The van der Waals surface area contributed by atoms with Crippen molar-refractivity contribution in [3.8, 4) is 5.69 Å². The summed E-state index contributed by atoms with van der Waals surface area (Å²) >= 11 is 5.72. The number of rotatable bonds is 8. The summed E-state index contributed by atoms with van der Waals surface area (Å²) in [5.41, 5.74) is 3.35. The number of carbonyl (C=O) groups excluding carboxylic acids is 1. The van der Waals surface area contributed by atoms with E-state index in [1.807, 2.05) is 48.7 Å². The highest BCUT2D eigenvalue weighted by Crippen LogP contribution is 2.39. The molecular formula is C24H26N4O3S. The molecule has 166 valence electrons. The van der Waals surface area contributed by atoms with Crippen LogP contribution in [0.15, 0.2) is 67.0 Å². The first-order valence-corrected chi connectivity index (χ1v) is 10.9. The molecule has 1 aliphatic heterocycles. The van der Waals surface area contributed by atoms with Crippen molar-refractivity contribution in [2.24, 2.45) is 0 Å². The molecule has 2 atom stereocenters. The fourth-order valence-corrected chi connectivity index (χ4v) is 4.45. The van der Waals surface area contributed by atoms with Crippen LogP contribution in [0.3, 0.4) is 0 Å². The van der Waals surface area contributed by atoms with Crippen molar-refractivity contribution in [2.75, 3.05) is 27.4 Å². The Labute approximate surface area is 193 Å². The summed E-state index contributed by atoms with van der Waals surface area (Å²) in [6.45, 7) is 1.41. The summed E-state index contributed by atoms with van der Waals surface area (Å²) in [5, 5.41) is 4.16. The quantitative estimate of drug-likeness (QED) is 0.319. The first kappa shape index (κ1) is 22.0. The van der Waals surface area contributed by atoms with E-state index in [1.54, 1.807) is 19.4 Å². The number of ether oxygens (including phenoxy) is 2. The highest BCUT2D eigenvalue weighted by Gasteiger charge is 2.40. The topological polar surface area (TPSA) is 68.6 Å². The minimum absolute atomic E-state index is 0.0777. The highest BCUT2D eigenvalue weighted by molar-refractivity contribution is 7.80. The van der Waals surface area contributed by atoms with Crippen molar-refractivity contribution in [3.05, 3.63) is 83.9 Å². The summed E-state index contributed by atoms with van der Waals surface area (Å²) in [5.74, 6) is -0.364. The number of nitrogens with zero attached hydrogens (tertiary/aromatic N) is 3. The van der Waals surface area contributed by atoms with Crippen molar-refractivity contribution in [2.45, 2.75) is 18.5 Å². The number of carbonyl (C=O) groups is 1. The van der Waals surface area contributed by atoms with Crippen LogP contribution in [0.1, 0.15) is 40.3 Å². The maximum Gasteiger partial charge on any atom is 0.337 e. The van der Waals surface area contributed by atoms with Gasteiger partial charge in [-0.2, -0.15) is 0 Å². The van der Waals surface area contributed by atoms with Gasteiger partial charge in [-0.25, -0.2) is 4.79 Å². The number of benzene rings is 1. The van der Waals surface area contributed by atoms with Crippen LogP contribution in [0.4, 0.5) is 0 Å². The lowest BCUT2D eigenvalue weighted by Crippen LogP contribution is -2.32. The third-order valence-electron chi connectivity index (χ3n) is 5.57. The highest BCUT2D eigenvalue weighted by atomic mass is 32.1. The predicted octanol–water partition coefficient (Wildman–Crippen LogP) is 3.67. The first-order valence-electron chi connectivity index (χ1n) is 10.5. The van der Waals surface area contributed by atoms with Crippen LogP contribution in [0.25, 0.3) is 5.69 Å². The summed E-state index contributed by atoms with van der Waals surface area (Å²) in [6.07, 6.45) is 4.64. The molecule has 8 heteroatoms. The van der Waals surface area contributed by atoms with Gasteiger partial charge in [0.25, 0.3) is 0 Å². The van der Waals surface area contributed by atoms with Crippen LogP contribution in [-0.2, 0) is 9.47 Å². The number of nitrogens with one attached hydrogen (secondary N) is 1. The summed E-state index contributed by atoms with van der Waals surface area (Å²) < 4.78 is 12.2. The summed E-state index contributed by atoms with van der Waals surface area (Å²) in [4.78, 5) is 18.9. The lowest BCUT2D eigenvalue weighted by Gasteiger charge is -2.29. The first-order chi connectivity index (χ1) is 15.6. The summed E-state index contributed by atoms with van der Waals surface area (Å²) in [6, 6.07) is 17.2. The van der Waals surface area contributed by atoms with E-state index in [0.29, 0.717) is 17.3 Å². The molecule has 0 unspecified atom stereocenters. The van der Waals surface area contributed by atoms with E-state index in [0.717, 1.165) is 30.0 Å². The smallest absolute Gasteiger partial charge is 0.337 e. The minimum atomic E-state index is -0.364. The third kappa shape index (κ3) is 4.37. The lowest BCUT2D eigenvalue weighted by molar-refractivity contribution is 0.0600. The molecule has 32 heavy (non-hydrogen) atoms. The van der Waals surface area contributed by atoms with Gasteiger partial charge in [-0.1, -0.05) is 12.1 Å². The van der Waals surface area contributed by atoms with E-state index in [9.17, 15) is 4.79 Å². The zero-order valence-electron chi connectivity index (χ0n) is 18.1. The van der Waals surface area contributed by atoms with Crippen LogP contribution in [0.5, 0.6) is 0 Å². The van der Waals surface area contributed by atoms with Gasteiger partial charge in [-0.05, 0) is 61.1 Å². The number of pyridine rings is 1. The number of hydrogen-bond donors (Lipinski definition) is 1. The molecule has 0 aliphatic carbocycles. The molecule has 1 saturated heterocycles. The second kappa shape index (κ2) is 9.93. The van der Waals surface area contributed by atoms with E-state index < -0.39 is 0 Å². The minimum Gasteiger partial charge on any atom is -0.465 e. The third-order valence-corrected chi connectivity index (χ3v) is 5.93. The maximum atomic E-state index is 12.1. The molecule has 1 fully saturated rings.